The van der Waals surface area contributed by atoms with Gasteiger partial charge in [-0.2, -0.15) is 4.98 Å². The summed E-state index contributed by atoms with van der Waals surface area (Å²) in [5, 5.41) is 7.25. The lowest BCUT2D eigenvalue weighted by Gasteiger charge is -2.04. The number of benzene rings is 1. The first-order chi connectivity index (χ1) is 10.3. The summed E-state index contributed by atoms with van der Waals surface area (Å²) in [7, 11) is 1.65. The molecule has 0 saturated carbocycles. The van der Waals surface area contributed by atoms with Crippen molar-refractivity contribution in [1.82, 2.24) is 15.5 Å². The summed E-state index contributed by atoms with van der Waals surface area (Å²) < 4.78 is 16.1. The number of nitrogens with zero attached hydrogens (tertiary/aromatic N) is 2. The van der Waals surface area contributed by atoms with Crippen molar-refractivity contribution in [2.45, 2.75) is 25.6 Å². The van der Waals surface area contributed by atoms with Gasteiger partial charge in [0, 0.05) is 6.54 Å². The van der Waals surface area contributed by atoms with E-state index >= 15 is 0 Å². The molecule has 0 amide bonds. The average molecular weight is 289 g/mol. The molecule has 21 heavy (non-hydrogen) atoms. The van der Waals surface area contributed by atoms with Crippen LogP contribution in [-0.4, -0.2) is 30.3 Å². The molecule has 3 rings (SSSR count). The lowest BCUT2D eigenvalue weighted by atomic mass is 10.1. The van der Waals surface area contributed by atoms with Crippen molar-refractivity contribution in [3.05, 3.63) is 41.5 Å². The van der Waals surface area contributed by atoms with Gasteiger partial charge in [-0.1, -0.05) is 17.3 Å². The lowest BCUT2D eigenvalue weighted by molar-refractivity contribution is 0.0998. The Morgan fingerprint density at radius 2 is 2.33 bits per heavy atom. The van der Waals surface area contributed by atoms with Crippen LogP contribution in [0.2, 0.25) is 0 Å². The minimum Gasteiger partial charge on any atom is -0.497 e. The third-order valence-corrected chi connectivity index (χ3v) is 3.53. The number of ether oxygens (including phenoxy) is 2. The number of hydrogen-bond donors (Lipinski definition) is 1. The van der Waals surface area contributed by atoms with Crippen LogP contribution in [0, 0.1) is 0 Å². The minimum absolute atomic E-state index is 0.338. The maximum atomic E-state index is 5.63. The van der Waals surface area contributed by atoms with Gasteiger partial charge in [0.25, 0.3) is 0 Å². The van der Waals surface area contributed by atoms with Crippen molar-refractivity contribution in [3.63, 3.8) is 0 Å². The average Bonchev–Trinajstić information content (AvgIpc) is 3.18. The number of aromatic nitrogens is 2. The topological polar surface area (TPSA) is 69.4 Å². The molecule has 1 saturated heterocycles. The highest BCUT2D eigenvalue weighted by Gasteiger charge is 2.22. The maximum absolute atomic E-state index is 5.63. The molecule has 0 spiro atoms. The monoisotopic (exact) mass is 289 g/mol. The molecule has 1 aromatic carbocycles. The summed E-state index contributed by atoms with van der Waals surface area (Å²) in [6, 6.07) is 7.79. The molecule has 1 aromatic heterocycles. The van der Waals surface area contributed by atoms with Crippen LogP contribution >= 0.6 is 0 Å². The third kappa shape index (κ3) is 3.59. The largest absolute Gasteiger partial charge is 0.497 e. The number of hydrogen-bond acceptors (Lipinski definition) is 6. The predicted molar refractivity (Wildman–Crippen MR) is 76.0 cm³/mol. The first kappa shape index (κ1) is 14.0. The van der Waals surface area contributed by atoms with Gasteiger partial charge >= 0.3 is 0 Å². The Balaban J connectivity index is 1.50. The van der Waals surface area contributed by atoms with Gasteiger partial charge in [-0.05, 0) is 30.7 Å². The molecule has 0 unspecified atom stereocenters. The second kappa shape index (κ2) is 6.69. The molecule has 2 heterocycles. The second-order valence-electron chi connectivity index (χ2n) is 5.08. The van der Waals surface area contributed by atoms with Crippen LogP contribution in [0.1, 0.15) is 29.6 Å². The molecule has 0 radical (unpaired) electrons. The number of methoxy groups -OCH3 is 1. The summed E-state index contributed by atoms with van der Waals surface area (Å²) in [6.45, 7) is 2.76. The first-order valence-electron chi connectivity index (χ1n) is 7.09. The van der Waals surface area contributed by atoms with E-state index in [4.69, 9.17) is 14.0 Å². The Kier molecular flexibility index (Phi) is 4.47. The molecule has 1 atom stereocenters. The van der Waals surface area contributed by atoms with Crippen molar-refractivity contribution in [2.24, 2.45) is 0 Å². The highest BCUT2D eigenvalue weighted by Crippen LogP contribution is 2.20. The van der Waals surface area contributed by atoms with E-state index in [-0.39, 0.29) is 0 Å². The van der Waals surface area contributed by atoms with Crippen molar-refractivity contribution < 1.29 is 14.0 Å². The second-order valence-corrected chi connectivity index (χ2v) is 5.08. The zero-order chi connectivity index (χ0) is 14.5. The molecule has 6 nitrogen and oxygen atoms in total. The first-order valence-corrected chi connectivity index (χ1v) is 7.09. The van der Waals surface area contributed by atoms with E-state index in [9.17, 15) is 0 Å². The van der Waals surface area contributed by atoms with Crippen LogP contribution < -0.4 is 10.1 Å². The van der Waals surface area contributed by atoms with Crippen molar-refractivity contribution in [3.8, 4) is 5.75 Å². The standard InChI is InChI=1S/C15H19N3O3/c1-19-13-4-2-3-11(7-13)9-20-10-14-17-15(21-18-14)12-5-6-16-8-12/h2-4,7,12,16H,5-6,8-10H2,1H3/t12-/m0/s1. The zero-order valence-electron chi connectivity index (χ0n) is 12.0. The van der Waals surface area contributed by atoms with Gasteiger partial charge in [-0.15, -0.1) is 0 Å². The smallest absolute Gasteiger partial charge is 0.231 e. The summed E-state index contributed by atoms with van der Waals surface area (Å²) in [6.07, 6.45) is 1.05. The van der Waals surface area contributed by atoms with Gasteiger partial charge in [-0.25, -0.2) is 0 Å². The maximum Gasteiger partial charge on any atom is 0.231 e. The van der Waals surface area contributed by atoms with Crippen LogP contribution in [0.4, 0.5) is 0 Å². The van der Waals surface area contributed by atoms with Crippen LogP contribution in [0.3, 0.4) is 0 Å². The fourth-order valence-corrected chi connectivity index (χ4v) is 2.38. The van der Waals surface area contributed by atoms with Crippen LogP contribution in [0.15, 0.2) is 28.8 Å². The molecule has 1 aliphatic heterocycles. The summed E-state index contributed by atoms with van der Waals surface area (Å²) in [5.74, 6) is 2.47. The highest BCUT2D eigenvalue weighted by molar-refractivity contribution is 5.27. The molecular weight excluding hydrogens is 270 g/mol. The van der Waals surface area contributed by atoms with E-state index in [0.717, 1.165) is 30.8 Å². The van der Waals surface area contributed by atoms with Crippen molar-refractivity contribution in [2.75, 3.05) is 20.2 Å². The molecule has 1 aliphatic rings. The zero-order valence-corrected chi connectivity index (χ0v) is 12.0. The Labute approximate surface area is 123 Å². The fraction of sp³-hybridized carbons (Fsp3) is 0.467. The molecule has 112 valence electrons. The summed E-state index contributed by atoms with van der Waals surface area (Å²) in [5.41, 5.74) is 1.05. The highest BCUT2D eigenvalue weighted by atomic mass is 16.5. The molecule has 1 fully saturated rings. The van der Waals surface area contributed by atoms with Crippen LogP contribution in [-0.2, 0) is 18.0 Å². The summed E-state index contributed by atoms with van der Waals surface area (Å²) >= 11 is 0. The SMILES string of the molecule is COc1cccc(COCc2noc([C@H]3CCNC3)n2)c1. The Morgan fingerprint density at radius 1 is 1.38 bits per heavy atom. The van der Waals surface area contributed by atoms with Gasteiger partial charge in [0.2, 0.25) is 5.89 Å². The Bertz CT molecular complexity index is 579. The van der Waals surface area contributed by atoms with Crippen LogP contribution in [0.25, 0.3) is 0 Å². The van der Waals surface area contributed by atoms with E-state index < -0.39 is 0 Å². The van der Waals surface area contributed by atoms with Gasteiger partial charge in [0.15, 0.2) is 5.82 Å². The van der Waals surface area contributed by atoms with E-state index in [1.54, 1.807) is 7.11 Å². The van der Waals surface area contributed by atoms with Crippen molar-refractivity contribution in [1.29, 1.82) is 0 Å². The Morgan fingerprint density at radius 3 is 3.14 bits per heavy atom. The third-order valence-electron chi connectivity index (χ3n) is 3.53. The van der Waals surface area contributed by atoms with Crippen molar-refractivity contribution >= 4 is 0 Å². The lowest BCUT2D eigenvalue weighted by Crippen LogP contribution is -2.08. The van der Waals surface area contributed by atoms with Gasteiger partial charge in [0.1, 0.15) is 12.4 Å². The number of rotatable bonds is 6. The molecular formula is C15H19N3O3. The van der Waals surface area contributed by atoms with E-state index in [1.807, 2.05) is 24.3 Å². The Hall–Kier alpha value is -1.92. The van der Waals surface area contributed by atoms with Crippen LogP contribution in [0.5, 0.6) is 5.75 Å². The van der Waals surface area contributed by atoms with E-state index in [1.165, 1.54) is 0 Å². The minimum atomic E-state index is 0.338. The number of nitrogens with one attached hydrogen (secondary N) is 1. The molecule has 0 aliphatic carbocycles. The van der Waals surface area contributed by atoms with Gasteiger partial charge < -0.3 is 19.3 Å². The predicted octanol–water partition coefficient (Wildman–Crippen LogP) is 1.87. The normalized spacial score (nSPS) is 18.0. The molecule has 0 bridgehead atoms. The van der Waals surface area contributed by atoms with Gasteiger partial charge in [-0.3, -0.25) is 0 Å². The molecule has 2 aromatic rings. The fourth-order valence-electron chi connectivity index (χ4n) is 2.38. The quantitative estimate of drug-likeness (QED) is 0.875. The molecule has 6 heteroatoms. The molecule has 1 N–H and O–H groups in total. The summed E-state index contributed by atoms with van der Waals surface area (Å²) in [4.78, 5) is 4.39. The van der Waals surface area contributed by atoms with Gasteiger partial charge in [0.05, 0.1) is 19.6 Å². The van der Waals surface area contributed by atoms with E-state index in [2.05, 4.69) is 15.5 Å². The van der Waals surface area contributed by atoms with E-state index in [0.29, 0.717) is 30.8 Å².